The second kappa shape index (κ2) is 6.81. The molecule has 1 aliphatic rings. The van der Waals surface area contributed by atoms with E-state index in [1.165, 1.54) is 17.0 Å². The number of hydrogen-bond acceptors (Lipinski definition) is 0. The van der Waals surface area contributed by atoms with Crippen molar-refractivity contribution in [2.24, 2.45) is 5.92 Å². The summed E-state index contributed by atoms with van der Waals surface area (Å²) in [4.78, 5) is 0. The van der Waals surface area contributed by atoms with E-state index in [0.29, 0.717) is 5.92 Å². The SMILES string of the molecule is C1=CC([C](c2ccccc2)c2ccccc2)C=C1.[Hf]. The van der Waals surface area contributed by atoms with Crippen LogP contribution in [0.2, 0.25) is 0 Å². The average molecular weight is 410 g/mol. The Kier molecular flexibility index (Phi) is 5.09. The van der Waals surface area contributed by atoms with Crippen LogP contribution >= 0.6 is 0 Å². The summed E-state index contributed by atoms with van der Waals surface area (Å²) in [5.74, 6) is 1.76. The van der Waals surface area contributed by atoms with Gasteiger partial charge in [-0.05, 0) is 11.1 Å². The van der Waals surface area contributed by atoms with Crippen molar-refractivity contribution in [3.63, 3.8) is 0 Å². The van der Waals surface area contributed by atoms with Gasteiger partial charge in [0.05, 0.1) is 0 Å². The van der Waals surface area contributed by atoms with Crippen LogP contribution in [0.3, 0.4) is 0 Å². The third-order valence-corrected chi connectivity index (χ3v) is 3.25. The Morgan fingerprint density at radius 1 is 0.632 bits per heavy atom. The molecule has 0 atom stereocenters. The van der Waals surface area contributed by atoms with E-state index in [4.69, 9.17) is 0 Å². The van der Waals surface area contributed by atoms with Crippen LogP contribution in [0.1, 0.15) is 11.1 Å². The van der Waals surface area contributed by atoms with E-state index in [-0.39, 0.29) is 25.8 Å². The van der Waals surface area contributed by atoms with Crippen LogP contribution in [-0.2, 0) is 25.8 Å². The molecule has 0 nitrogen and oxygen atoms in total. The number of hydrogen-bond donors (Lipinski definition) is 0. The summed E-state index contributed by atoms with van der Waals surface area (Å²) in [7, 11) is 0. The van der Waals surface area contributed by atoms with Crippen LogP contribution < -0.4 is 0 Å². The van der Waals surface area contributed by atoms with Gasteiger partial charge in [-0.2, -0.15) is 0 Å². The van der Waals surface area contributed by atoms with E-state index in [1.54, 1.807) is 0 Å². The van der Waals surface area contributed by atoms with Gasteiger partial charge >= 0.3 is 0 Å². The minimum Gasteiger partial charge on any atom is -0.0763 e. The zero-order chi connectivity index (χ0) is 12.2. The van der Waals surface area contributed by atoms with Crippen molar-refractivity contribution < 1.29 is 25.8 Å². The van der Waals surface area contributed by atoms with Crippen molar-refractivity contribution in [3.05, 3.63) is 102 Å². The molecule has 2 aromatic carbocycles. The summed E-state index contributed by atoms with van der Waals surface area (Å²) in [6, 6.07) is 21.2. The molecule has 0 saturated carbocycles. The summed E-state index contributed by atoms with van der Waals surface area (Å²) < 4.78 is 0. The molecule has 1 heteroatoms. The Morgan fingerprint density at radius 2 is 1.05 bits per heavy atom. The van der Waals surface area contributed by atoms with E-state index < -0.39 is 0 Å². The average Bonchev–Trinajstić information content (AvgIpc) is 2.95. The van der Waals surface area contributed by atoms with Gasteiger partial charge in [0, 0.05) is 37.7 Å². The molecule has 0 bridgehead atoms. The van der Waals surface area contributed by atoms with E-state index in [1.807, 2.05) is 0 Å². The predicted octanol–water partition coefficient (Wildman–Crippen LogP) is 4.40. The van der Waals surface area contributed by atoms with Crippen molar-refractivity contribution in [1.82, 2.24) is 0 Å². The van der Waals surface area contributed by atoms with Crippen molar-refractivity contribution in [2.75, 3.05) is 0 Å². The number of benzene rings is 2. The van der Waals surface area contributed by atoms with Crippen LogP contribution in [0.4, 0.5) is 0 Å². The van der Waals surface area contributed by atoms with Crippen LogP contribution in [0, 0.1) is 11.8 Å². The Bertz CT molecular complexity index is 503. The molecule has 1 radical (unpaired) electrons. The number of allylic oxidation sites excluding steroid dienone is 4. The third kappa shape index (κ3) is 3.22. The molecule has 0 fully saturated rings. The fourth-order valence-corrected chi connectivity index (χ4v) is 2.41. The fraction of sp³-hybridized carbons (Fsp3) is 0.0556. The van der Waals surface area contributed by atoms with E-state index in [2.05, 4.69) is 85.0 Å². The second-order valence-corrected chi connectivity index (χ2v) is 4.44. The maximum Gasteiger partial charge on any atom is 0.0445 e. The van der Waals surface area contributed by atoms with E-state index in [9.17, 15) is 0 Å². The molecule has 2 aromatic rings. The molecular formula is C18H15Hf. The monoisotopic (exact) mass is 411 g/mol. The third-order valence-electron chi connectivity index (χ3n) is 3.25. The van der Waals surface area contributed by atoms with Crippen LogP contribution in [0.25, 0.3) is 0 Å². The summed E-state index contributed by atoms with van der Waals surface area (Å²) in [5, 5.41) is 0. The van der Waals surface area contributed by atoms with Crippen LogP contribution in [-0.4, -0.2) is 0 Å². The minimum atomic E-state index is 0. The van der Waals surface area contributed by atoms with Crippen molar-refractivity contribution >= 4 is 0 Å². The maximum atomic E-state index is 2.25. The molecule has 0 heterocycles. The van der Waals surface area contributed by atoms with Crippen LogP contribution in [0.15, 0.2) is 85.0 Å². The molecule has 0 N–H and O–H groups in total. The summed E-state index contributed by atoms with van der Waals surface area (Å²) in [5.41, 5.74) is 2.59. The summed E-state index contributed by atoms with van der Waals surface area (Å²) in [6.45, 7) is 0. The molecule has 0 aliphatic heterocycles. The molecule has 19 heavy (non-hydrogen) atoms. The molecule has 1 aliphatic carbocycles. The Balaban J connectivity index is 0.00000133. The predicted molar refractivity (Wildman–Crippen MR) is 76.1 cm³/mol. The van der Waals surface area contributed by atoms with E-state index >= 15 is 0 Å². The van der Waals surface area contributed by atoms with Gasteiger partial charge in [0.15, 0.2) is 0 Å². The first-order valence-corrected chi connectivity index (χ1v) is 6.28. The standard InChI is InChI=1S/C18H15.Hf/c1-3-9-15(10-4-1)18(17-13-7-8-14-17)16-11-5-2-6-12-16;/h1-14,17H;. The van der Waals surface area contributed by atoms with Crippen molar-refractivity contribution in [3.8, 4) is 0 Å². The molecule has 0 saturated heterocycles. The van der Waals surface area contributed by atoms with Gasteiger partial charge < -0.3 is 0 Å². The van der Waals surface area contributed by atoms with Gasteiger partial charge in [0.25, 0.3) is 0 Å². The van der Waals surface area contributed by atoms with E-state index in [0.717, 1.165) is 0 Å². The smallest absolute Gasteiger partial charge is 0.0445 e. The quantitative estimate of drug-likeness (QED) is 0.659. The fourth-order valence-electron chi connectivity index (χ4n) is 2.41. The molecule has 91 valence electrons. The van der Waals surface area contributed by atoms with Gasteiger partial charge in [-0.15, -0.1) is 0 Å². The van der Waals surface area contributed by atoms with Crippen molar-refractivity contribution in [2.45, 2.75) is 0 Å². The normalized spacial score (nSPS) is 13.7. The molecular weight excluding hydrogens is 395 g/mol. The Morgan fingerprint density at radius 3 is 1.47 bits per heavy atom. The maximum absolute atomic E-state index is 2.25. The van der Waals surface area contributed by atoms with Gasteiger partial charge in [0.1, 0.15) is 0 Å². The zero-order valence-electron chi connectivity index (χ0n) is 10.7. The minimum absolute atomic E-state index is 0. The van der Waals surface area contributed by atoms with Crippen LogP contribution in [0.5, 0.6) is 0 Å². The second-order valence-electron chi connectivity index (χ2n) is 4.44. The van der Waals surface area contributed by atoms with Crippen molar-refractivity contribution in [1.29, 1.82) is 0 Å². The number of rotatable bonds is 3. The molecule has 0 aromatic heterocycles. The largest absolute Gasteiger partial charge is 0.0763 e. The molecule has 0 unspecified atom stereocenters. The van der Waals surface area contributed by atoms with Gasteiger partial charge in [-0.25, -0.2) is 0 Å². The summed E-state index contributed by atoms with van der Waals surface area (Å²) >= 11 is 0. The molecule has 0 spiro atoms. The van der Waals surface area contributed by atoms with Gasteiger partial charge in [-0.3, -0.25) is 0 Å². The molecule has 3 rings (SSSR count). The molecule has 0 amide bonds. The van der Waals surface area contributed by atoms with Gasteiger partial charge in [-0.1, -0.05) is 85.0 Å². The topological polar surface area (TPSA) is 0 Å². The Hall–Kier alpha value is -1.21. The Labute approximate surface area is 133 Å². The first kappa shape index (κ1) is 14.2. The zero-order valence-corrected chi connectivity index (χ0v) is 14.3. The summed E-state index contributed by atoms with van der Waals surface area (Å²) in [6.07, 6.45) is 8.73. The first-order chi connectivity index (χ1) is 8.95. The van der Waals surface area contributed by atoms with Gasteiger partial charge in [0.2, 0.25) is 0 Å². The first-order valence-electron chi connectivity index (χ1n) is 6.28.